The van der Waals surface area contributed by atoms with Crippen molar-refractivity contribution in [1.82, 2.24) is 15.1 Å². The fourth-order valence-electron chi connectivity index (χ4n) is 1.36. The summed E-state index contributed by atoms with van der Waals surface area (Å²) in [5.41, 5.74) is 0.324. The van der Waals surface area contributed by atoms with Crippen molar-refractivity contribution in [1.29, 1.82) is 0 Å². The summed E-state index contributed by atoms with van der Waals surface area (Å²) in [5.74, 6) is 1.40. The SMILES string of the molecule is CC(C)Cc1noc(-c2ncccc2O)n1. The highest BCUT2D eigenvalue weighted by atomic mass is 16.5. The number of aromatic nitrogens is 3. The number of hydrogen-bond donors (Lipinski definition) is 1. The van der Waals surface area contributed by atoms with Gasteiger partial charge in [-0.2, -0.15) is 4.98 Å². The van der Waals surface area contributed by atoms with Gasteiger partial charge in [-0.05, 0) is 18.1 Å². The van der Waals surface area contributed by atoms with E-state index in [2.05, 4.69) is 29.0 Å². The van der Waals surface area contributed by atoms with Gasteiger partial charge in [0.25, 0.3) is 5.89 Å². The van der Waals surface area contributed by atoms with Crippen molar-refractivity contribution in [3.8, 4) is 17.3 Å². The molecule has 0 spiro atoms. The molecule has 0 radical (unpaired) electrons. The minimum Gasteiger partial charge on any atom is -0.505 e. The maximum atomic E-state index is 9.56. The van der Waals surface area contributed by atoms with Gasteiger partial charge in [-0.25, -0.2) is 4.98 Å². The molecule has 0 atom stereocenters. The van der Waals surface area contributed by atoms with Gasteiger partial charge in [0.1, 0.15) is 5.75 Å². The fraction of sp³-hybridized carbons (Fsp3) is 0.364. The second-order valence-electron chi connectivity index (χ2n) is 3.98. The van der Waals surface area contributed by atoms with Crippen LogP contribution < -0.4 is 0 Å². The molecule has 0 saturated heterocycles. The Balaban J connectivity index is 2.28. The summed E-state index contributed by atoms with van der Waals surface area (Å²) < 4.78 is 5.05. The van der Waals surface area contributed by atoms with Gasteiger partial charge < -0.3 is 9.63 Å². The van der Waals surface area contributed by atoms with Gasteiger partial charge in [0.05, 0.1) is 0 Å². The molecule has 5 heteroatoms. The first-order chi connectivity index (χ1) is 7.66. The van der Waals surface area contributed by atoms with Crippen LogP contribution in [0.3, 0.4) is 0 Å². The Morgan fingerprint density at radius 2 is 2.25 bits per heavy atom. The predicted molar refractivity (Wildman–Crippen MR) is 57.7 cm³/mol. The van der Waals surface area contributed by atoms with E-state index in [4.69, 9.17) is 4.52 Å². The van der Waals surface area contributed by atoms with E-state index in [0.717, 1.165) is 6.42 Å². The van der Waals surface area contributed by atoms with Crippen molar-refractivity contribution in [2.24, 2.45) is 5.92 Å². The maximum Gasteiger partial charge on any atom is 0.280 e. The van der Waals surface area contributed by atoms with E-state index in [1.165, 1.54) is 6.07 Å². The molecule has 0 saturated carbocycles. The monoisotopic (exact) mass is 219 g/mol. The normalized spacial score (nSPS) is 10.9. The summed E-state index contributed by atoms with van der Waals surface area (Å²) in [6, 6.07) is 3.18. The van der Waals surface area contributed by atoms with Crippen LogP contribution in [0.15, 0.2) is 22.9 Å². The van der Waals surface area contributed by atoms with Crippen LogP contribution in [0.4, 0.5) is 0 Å². The predicted octanol–water partition coefficient (Wildman–Crippen LogP) is 2.04. The van der Waals surface area contributed by atoms with Crippen LogP contribution in [0.1, 0.15) is 19.7 Å². The second kappa shape index (κ2) is 4.30. The van der Waals surface area contributed by atoms with E-state index >= 15 is 0 Å². The Bertz CT molecular complexity index is 480. The van der Waals surface area contributed by atoms with Crippen LogP contribution in [-0.4, -0.2) is 20.2 Å². The number of aromatic hydroxyl groups is 1. The molecule has 16 heavy (non-hydrogen) atoms. The first-order valence-corrected chi connectivity index (χ1v) is 5.13. The molecular formula is C11H13N3O2. The molecule has 0 amide bonds. The summed E-state index contributed by atoms with van der Waals surface area (Å²) in [4.78, 5) is 8.18. The van der Waals surface area contributed by atoms with E-state index in [1.54, 1.807) is 12.3 Å². The number of nitrogens with zero attached hydrogens (tertiary/aromatic N) is 3. The molecule has 2 rings (SSSR count). The van der Waals surface area contributed by atoms with Crippen molar-refractivity contribution in [3.05, 3.63) is 24.2 Å². The zero-order chi connectivity index (χ0) is 11.5. The van der Waals surface area contributed by atoms with Crippen LogP contribution in [0.25, 0.3) is 11.6 Å². The largest absolute Gasteiger partial charge is 0.505 e. The molecule has 0 aliphatic heterocycles. The molecular weight excluding hydrogens is 206 g/mol. The van der Waals surface area contributed by atoms with Crippen LogP contribution in [0.5, 0.6) is 5.75 Å². The molecule has 2 heterocycles. The van der Waals surface area contributed by atoms with Gasteiger partial charge in [-0.1, -0.05) is 19.0 Å². The summed E-state index contributed by atoms with van der Waals surface area (Å²) in [5, 5.41) is 13.4. The van der Waals surface area contributed by atoms with Crippen molar-refractivity contribution < 1.29 is 9.63 Å². The number of rotatable bonds is 3. The molecule has 0 aliphatic carbocycles. The summed E-state index contributed by atoms with van der Waals surface area (Å²) >= 11 is 0. The highest BCUT2D eigenvalue weighted by Crippen LogP contribution is 2.24. The van der Waals surface area contributed by atoms with Crippen molar-refractivity contribution in [2.75, 3.05) is 0 Å². The quantitative estimate of drug-likeness (QED) is 0.855. The van der Waals surface area contributed by atoms with Gasteiger partial charge in [0, 0.05) is 12.6 Å². The van der Waals surface area contributed by atoms with Crippen molar-refractivity contribution in [3.63, 3.8) is 0 Å². The zero-order valence-corrected chi connectivity index (χ0v) is 9.21. The lowest BCUT2D eigenvalue weighted by Gasteiger charge is -1.97. The third-order valence-electron chi connectivity index (χ3n) is 2.05. The molecule has 84 valence electrons. The Labute approximate surface area is 93.1 Å². The molecule has 0 fully saturated rings. The van der Waals surface area contributed by atoms with Gasteiger partial charge in [0.15, 0.2) is 11.5 Å². The van der Waals surface area contributed by atoms with E-state index in [1.807, 2.05) is 0 Å². The first kappa shape index (κ1) is 10.6. The molecule has 0 unspecified atom stereocenters. The van der Waals surface area contributed by atoms with Gasteiger partial charge in [0.2, 0.25) is 0 Å². The minimum atomic E-state index is 0.0437. The number of pyridine rings is 1. The lowest BCUT2D eigenvalue weighted by molar-refractivity contribution is 0.411. The van der Waals surface area contributed by atoms with E-state index in [-0.39, 0.29) is 11.6 Å². The summed E-state index contributed by atoms with van der Waals surface area (Å²) in [6.07, 6.45) is 2.32. The molecule has 2 aromatic rings. The zero-order valence-electron chi connectivity index (χ0n) is 9.21. The summed E-state index contributed by atoms with van der Waals surface area (Å²) in [6.45, 7) is 4.16. The van der Waals surface area contributed by atoms with Crippen LogP contribution in [-0.2, 0) is 6.42 Å². The highest BCUT2D eigenvalue weighted by molar-refractivity contribution is 5.55. The lowest BCUT2D eigenvalue weighted by Crippen LogP contribution is -1.95. The van der Waals surface area contributed by atoms with Gasteiger partial charge in [-0.3, -0.25) is 0 Å². The molecule has 1 N–H and O–H groups in total. The van der Waals surface area contributed by atoms with Gasteiger partial charge >= 0.3 is 0 Å². The fourth-order valence-corrected chi connectivity index (χ4v) is 1.36. The van der Waals surface area contributed by atoms with Crippen LogP contribution in [0, 0.1) is 5.92 Å². The van der Waals surface area contributed by atoms with E-state index in [0.29, 0.717) is 17.4 Å². The van der Waals surface area contributed by atoms with Crippen molar-refractivity contribution in [2.45, 2.75) is 20.3 Å². The Hall–Kier alpha value is -1.91. The second-order valence-corrected chi connectivity index (χ2v) is 3.98. The van der Waals surface area contributed by atoms with Crippen LogP contribution >= 0.6 is 0 Å². The van der Waals surface area contributed by atoms with Crippen molar-refractivity contribution >= 4 is 0 Å². The topological polar surface area (TPSA) is 72.0 Å². The van der Waals surface area contributed by atoms with Gasteiger partial charge in [-0.15, -0.1) is 0 Å². The average Bonchev–Trinajstić information content (AvgIpc) is 2.66. The lowest BCUT2D eigenvalue weighted by atomic mass is 10.1. The Morgan fingerprint density at radius 1 is 1.44 bits per heavy atom. The van der Waals surface area contributed by atoms with Crippen LogP contribution in [0.2, 0.25) is 0 Å². The Kier molecular flexibility index (Phi) is 2.85. The maximum absolute atomic E-state index is 9.56. The standard InChI is InChI=1S/C11H13N3O2/c1-7(2)6-9-13-11(16-14-9)10-8(15)4-3-5-12-10/h3-5,7,15H,6H2,1-2H3. The summed E-state index contributed by atoms with van der Waals surface area (Å²) in [7, 11) is 0. The minimum absolute atomic E-state index is 0.0437. The molecule has 2 aromatic heterocycles. The third-order valence-corrected chi connectivity index (χ3v) is 2.05. The highest BCUT2D eigenvalue weighted by Gasteiger charge is 2.14. The first-order valence-electron chi connectivity index (χ1n) is 5.13. The third kappa shape index (κ3) is 2.18. The average molecular weight is 219 g/mol. The van der Waals surface area contributed by atoms with E-state index < -0.39 is 0 Å². The Morgan fingerprint density at radius 3 is 2.94 bits per heavy atom. The molecule has 0 aliphatic rings. The number of hydrogen-bond acceptors (Lipinski definition) is 5. The molecule has 5 nitrogen and oxygen atoms in total. The van der Waals surface area contributed by atoms with E-state index in [9.17, 15) is 5.11 Å². The smallest absolute Gasteiger partial charge is 0.280 e. The molecule has 0 bridgehead atoms. The molecule has 0 aromatic carbocycles.